The van der Waals surface area contributed by atoms with Crippen molar-refractivity contribution in [1.82, 2.24) is 0 Å². The molecule has 0 spiro atoms. The average Bonchev–Trinajstić information content (AvgIpc) is 2.77. The van der Waals surface area contributed by atoms with Gasteiger partial charge in [0.05, 0.1) is 6.61 Å². The Morgan fingerprint density at radius 2 is 1.74 bits per heavy atom. The topological polar surface area (TPSA) is 39.7 Å². The van der Waals surface area contributed by atoms with E-state index in [1.54, 1.807) is 7.11 Å². The van der Waals surface area contributed by atoms with E-state index in [-0.39, 0.29) is 12.2 Å². The van der Waals surface area contributed by atoms with Crippen molar-refractivity contribution >= 4 is 17.3 Å². The number of halogens is 1. The molecule has 3 aromatic rings. The first-order valence-electron chi connectivity index (χ1n) is 10.5. The number of anilines is 1. The van der Waals surface area contributed by atoms with E-state index in [2.05, 4.69) is 23.5 Å². The summed E-state index contributed by atoms with van der Waals surface area (Å²) in [6.07, 6.45) is -0.564. The molecule has 0 aliphatic carbocycles. The number of ether oxygens (including phenoxy) is 3. The third kappa shape index (κ3) is 4.87. The second kappa shape index (κ2) is 9.31. The van der Waals surface area contributed by atoms with Crippen molar-refractivity contribution in [1.29, 1.82) is 0 Å². The number of fused-ring (bicyclic) bond motifs is 1. The maximum Gasteiger partial charge on any atom is 0.132 e. The molecule has 2 unspecified atom stereocenters. The molecule has 1 aliphatic rings. The molecule has 1 heterocycles. The predicted octanol–water partition coefficient (Wildman–Crippen LogP) is 6.40. The molecule has 1 N–H and O–H groups in total. The fourth-order valence-corrected chi connectivity index (χ4v) is 4.17. The van der Waals surface area contributed by atoms with E-state index in [0.717, 1.165) is 29.1 Å². The summed E-state index contributed by atoms with van der Waals surface area (Å²) in [5.74, 6) is 0.819. The monoisotopic (exact) mass is 437 g/mol. The molecule has 0 amide bonds. The lowest BCUT2D eigenvalue weighted by molar-refractivity contribution is -0.159. The van der Waals surface area contributed by atoms with Crippen molar-refractivity contribution in [3.8, 4) is 5.75 Å². The summed E-state index contributed by atoms with van der Waals surface area (Å²) < 4.78 is 18.6. The van der Waals surface area contributed by atoms with Gasteiger partial charge in [0.2, 0.25) is 0 Å². The van der Waals surface area contributed by atoms with E-state index in [9.17, 15) is 0 Å². The lowest BCUT2D eigenvalue weighted by atomic mass is 9.88. The first-order chi connectivity index (χ1) is 15.0. The summed E-state index contributed by atoms with van der Waals surface area (Å²) in [6.45, 7) is 5.19. The molecule has 1 aliphatic heterocycles. The molecule has 3 aromatic carbocycles. The van der Waals surface area contributed by atoms with E-state index < -0.39 is 5.60 Å². The number of nitrogens with one attached hydrogen (secondary N) is 1. The zero-order valence-corrected chi connectivity index (χ0v) is 18.9. The Balaban J connectivity index is 1.55. The molecule has 0 radical (unpaired) electrons. The van der Waals surface area contributed by atoms with Crippen molar-refractivity contribution in [2.45, 2.75) is 44.8 Å². The predicted molar refractivity (Wildman–Crippen MR) is 125 cm³/mol. The zero-order chi connectivity index (χ0) is 21.8. The number of benzene rings is 3. The molecule has 0 fully saturated rings. The molecular formula is C26H28ClNO3. The molecule has 0 saturated carbocycles. The van der Waals surface area contributed by atoms with Gasteiger partial charge in [-0.3, -0.25) is 0 Å². The summed E-state index contributed by atoms with van der Waals surface area (Å²) in [5, 5.41) is 4.18. The largest absolute Gasteiger partial charge is 0.485 e. The van der Waals surface area contributed by atoms with Crippen molar-refractivity contribution < 1.29 is 14.2 Å². The second-order valence-electron chi connectivity index (χ2n) is 8.28. The van der Waals surface area contributed by atoms with Gasteiger partial charge < -0.3 is 19.5 Å². The van der Waals surface area contributed by atoms with Crippen LogP contribution < -0.4 is 10.1 Å². The van der Waals surface area contributed by atoms with Crippen LogP contribution in [-0.2, 0) is 22.6 Å². The maximum atomic E-state index is 6.34. The van der Waals surface area contributed by atoms with Crippen LogP contribution in [0.2, 0.25) is 5.02 Å². The average molecular weight is 438 g/mol. The van der Waals surface area contributed by atoms with Gasteiger partial charge >= 0.3 is 0 Å². The Morgan fingerprint density at radius 3 is 2.48 bits per heavy atom. The van der Waals surface area contributed by atoms with Gasteiger partial charge in [0, 0.05) is 29.9 Å². The molecule has 31 heavy (non-hydrogen) atoms. The minimum absolute atomic E-state index is 0.264. The van der Waals surface area contributed by atoms with E-state index in [4.69, 9.17) is 25.8 Å². The van der Waals surface area contributed by atoms with Crippen molar-refractivity contribution in [2.75, 3.05) is 12.4 Å². The molecule has 5 heteroatoms. The normalized spacial score (nSPS) is 19.4. The second-order valence-corrected chi connectivity index (χ2v) is 8.68. The Hall–Kier alpha value is -2.53. The van der Waals surface area contributed by atoms with Gasteiger partial charge in [-0.15, -0.1) is 0 Å². The van der Waals surface area contributed by atoms with Gasteiger partial charge in [0.1, 0.15) is 23.6 Å². The van der Waals surface area contributed by atoms with Crippen LogP contribution >= 0.6 is 11.6 Å². The fraction of sp³-hybridized carbons (Fsp3) is 0.308. The van der Waals surface area contributed by atoms with Gasteiger partial charge in [0.25, 0.3) is 0 Å². The Morgan fingerprint density at radius 1 is 1.00 bits per heavy atom. The smallest absolute Gasteiger partial charge is 0.132 e. The molecule has 4 nitrogen and oxygen atoms in total. The number of rotatable bonds is 7. The van der Waals surface area contributed by atoms with Gasteiger partial charge in [-0.2, -0.15) is 0 Å². The first kappa shape index (κ1) is 21.7. The van der Waals surface area contributed by atoms with E-state index in [1.807, 2.05) is 68.4 Å². The Bertz CT molecular complexity index is 1020. The van der Waals surface area contributed by atoms with Crippen molar-refractivity contribution in [3.63, 3.8) is 0 Å². The van der Waals surface area contributed by atoms with Crippen LogP contribution in [0.5, 0.6) is 5.75 Å². The summed E-state index contributed by atoms with van der Waals surface area (Å²) in [5.41, 5.74) is 3.59. The van der Waals surface area contributed by atoms with Crippen molar-refractivity contribution in [3.05, 3.63) is 94.5 Å². The summed E-state index contributed by atoms with van der Waals surface area (Å²) in [7, 11) is 1.71. The van der Waals surface area contributed by atoms with Gasteiger partial charge in [0.15, 0.2) is 0 Å². The molecule has 0 aromatic heterocycles. The Kier molecular flexibility index (Phi) is 6.51. The number of hydrogen-bond donors (Lipinski definition) is 1. The summed E-state index contributed by atoms with van der Waals surface area (Å²) in [4.78, 5) is 0. The third-order valence-electron chi connectivity index (χ3n) is 5.62. The fourth-order valence-electron chi connectivity index (χ4n) is 3.98. The Labute approximate surface area is 189 Å². The molecule has 2 atom stereocenters. The van der Waals surface area contributed by atoms with Crippen LogP contribution in [0.15, 0.2) is 72.8 Å². The van der Waals surface area contributed by atoms with E-state index >= 15 is 0 Å². The minimum Gasteiger partial charge on any atom is -0.485 e. The van der Waals surface area contributed by atoms with Crippen LogP contribution in [0, 0.1) is 0 Å². The molecule has 0 bridgehead atoms. The number of methoxy groups -OCH3 is 1. The minimum atomic E-state index is -0.562. The van der Waals surface area contributed by atoms with Gasteiger partial charge in [-0.05, 0) is 49.2 Å². The standard InChI is InChI=1S/C26H28ClNO3/c1-26(2)25(30-17-19-11-7-8-12-22(19)27)24(29-3)21-15-20(13-14-23(21)31-26)28-16-18-9-5-4-6-10-18/h4-15,24-25,28H,16-17H2,1-3H3. The van der Waals surface area contributed by atoms with Crippen LogP contribution in [0.4, 0.5) is 5.69 Å². The highest BCUT2D eigenvalue weighted by atomic mass is 35.5. The zero-order valence-electron chi connectivity index (χ0n) is 18.1. The first-order valence-corrected chi connectivity index (χ1v) is 10.8. The van der Waals surface area contributed by atoms with Crippen LogP contribution in [0.3, 0.4) is 0 Å². The van der Waals surface area contributed by atoms with Crippen molar-refractivity contribution in [2.24, 2.45) is 0 Å². The third-order valence-corrected chi connectivity index (χ3v) is 5.99. The quantitative estimate of drug-likeness (QED) is 0.464. The van der Waals surface area contributed by atoms with Crippen LogP contribution in [-0.4, -0.2) is 18.8 Å². The SMILES string of the molecule is COC1c2cc(NCc3ccccc3)ccc2OC(C)(C)C1OCc1ccccc1Cl. The highest BCUT2D eigenvalue weighted by molar-refractivity contribution is 6.31. The van der Waals surface area contributed by atoms with E-state index in [1.165, 1.54) is 5.56 Å². The summed E-state index contributed by atoms with van der Waals surface area (Å²) in [6, 6.07) is 24.2. The molecule has 0 saturated heterocycles. The van der Waals surface area contributed by atoms with Crippen LogP contribution in [0.1, 0.15) is 36.6 Å². The van der Waals surface area contributed by atoms with Gasteiger partial charge in [-0.25, -0.2) is 0 Å². The molecule has 162 valence electrons. The molecule has 4 rings (SSSR count). The highest BCUT2D eigenvalue weighted by Gasteiger charge is 2.45. The number of hydrogen-bond acceptors (Lipinski definition) is 4. The lowest BCUT2D eigenvalue weighted by Gasteiger charge is -2.44. The van der Waals surface area contributed by atoms with Gasteiger partial charge in [-0.1, -0.05) is 60.1 Å². The summed E-state index contributed by atoms with van der Waals surface area (Å²) >= 11 is 6.32. The highest BCUT2D eigenvalue weighted by Crippen LogP contribution is 2.44. The lowest BCUT2D eigenvalue weighted by Crippen LogP contribution is -2.50. The van der Waals surface area contributed by atoms with E-state index in [0.29, 0.717) is 11.6 Å². The van der Waals surface area contributed by atoms with Crippen LogP contribution in [0.25, 0.3) is 0 Å². The maximum absolute atomic E-state index is 6.34. The molecular weight excluding hydrogens is 410 g/mol.